The van der Waals surface area contributed by atoms with E-state index in [0.717, 1.165) is 53.9 Å². The maximum atomic E-state index is 11.7. The van der Waals surface area contributed by atoms with Gasteiger partial charge in [-0.15, -0.1) is 0 Å². The highest BCUT2D eigenvalue weighted by Crippen LogP contribution is 2.30. The Hall–Kier alpha value is -5.55. The van der Waals surface area contributed by atoms with E-state index in [1.807, 2.05) is 48.7 Å². The van der Waals surface area contributed by atoms with E-state index in [-0.39, 0.29) is 5.91 Å². The zero-order valence-corrected chi connectivity index (χ0v) is 23.6. The van der Waals surface area contributed by atoms with E-state index in [1.54, 1.807) is 0 Å². The van der Waals surface area contributed by atoms with Crippen LogP contribution in [0.4, 0.5) is 23.0 Å². The molecule has 4 N–H and O–H groups in total. The number of hydrogen-bond donors (Lipinski definition) is 4. The van der Waals surface area contributed by atoms with E-state index in [2.05, 4.69) is 63.3 Å². The van der Waals surface area contributed by atoms with Gasteiger partial charge in [0.05, 0.1) is 5.52 Å². The first-order valence-corrected chi connectivity index (χ1v) is 13.5. The molecule has 0 spiro atoms. The van der Waals surface area contributed by atoms with Crippen molar-refractivity contribution in [2.24, 2.45) is 0 Å². The van der Waals surface area contributed by atoms with Gasteiger partial charge < -0.3 is 30.6 Å². The number of aliphatic carboxylic acids is 2. The molecular weight excluding hydrogens is 548 g/mol. The minimum atomic E-state index is -1.26. The maximum Gasteiger partial charge on any atom is 0.328 e. The van der Waals surface area contributed by atoms with Crippen LogP contribution in [0.5, 0.6) is 0 Å². The first kappa shape index (κ1) is 30.4. The zero-order valence-electron chi connectivity index (χ0n) is 23.6. The Labute approximate surface area is 248 Å². The number of anilines is 4. The molecule has 220 valence electrons. The molecule has 2 heterocycles. The third-order valence-electron chi connectivity index (χ3n) is 6.60. The number of rotatable bonds is 8. The number of hydrogen-bond acceptors (Lipinski definition) is 8. The second-order valence-corrected chi connectivity index (χ2v) is 9.68. The Morgan fingerprint density at radius 2 is 1.56 bits per heavy atom. The number of likely N-dealkylation sites (N-methyl/N-ethyl adjacent to an activating group) is 1. The first-order valence-electron chi connectivity index (χ1n) is 13.5. The second kappa shape index (κ2) is 14.4. The number of para-hydroxylation sites is 1. The van der Waals surface area contributed by atoms with Crippen molar-refractivity contribution in [3.63, 3.8) is 0 Å². The molecule has 0 bridgehead atoms. The van der Waals surface area contributed by atoms with Crippen molar-refractivity contribution in [1.29, 1.82) is 0 Å². The maximum absolute atomic E-state index is 11.7. The molecule has 0 saturated carbocycles. The fourth-order valence-corrected chi connectivity index (χ4v) is 4.40. The van der Waals surface area contributed by atoms with Gasteiger partial charge in [-0.2, -0.15) is 0 Å². The molecule has 1 fully saturated rings. The van der Waals surface area contributed by atoms with Gasteiger partial charge in [0.1, 0.15) is 0 Å². The standard InChI is InChI=1S/C28H28N6O.C4H4O4/c1-3-26(35)30-23-8-4-6-20(18-23)25-9-5-7-21-19-29-28(32-27(21)25)31-22-10-12-24(13-11-22)34-16-14-33(2)15-17-34;5-3(6)1-2-4(7)8/h3-13,18-19H,1,14-17H2,2H3,(H,30,35)(H,29,31,32);1-2H,(H,5,6)(H,7,8)/b;2-1-. The summed E-state index contributed by atoms with van der Waals surface area (Å²) in [6, 6.07) is 22.1. The van der Waals surface area contributed by atoms with Gasteiger partial charge in [-0.1, -0.05) is 36.9 Å². The minimum absolute atomic E-state index is 0.243. The number of nitrogens with zero attached hydrogens (tertiary/aromatic N) is 4. The van der Waals surface area contributed by atoms with Gasteiger partial charge in [0.2, 0.25) is 11.9 Å². The molecule has 0 atom stereocenters. The van der Waals surface area contributed by atoms with Crippen molar-refractivity contribution in [1.82, 2.24) is 14.9 Å². The lowest BCUT2D eigenvalue weighted by Gasteiger charge is -2.34. The van der Waals surface area contributed by atoms with Crippen LogP contribution >= 0.6 is 0 Å². The van der Waals surface area contributed by atoms with E-state index < -0.39 is 11.9 Å². The van der Waals surface area contributed by atoms with Crippen LogP contribution in [0.25, 0.3) is 22.0 Å². The normalized spacial score (nSPS) is 13.2. The average Bonchev–Trinajstić information content (AvgIpc) is 3.01. The summed E-state index contributed by atoms with van der Waals surface area (Å²) in [5.41, 5.74) is 5.64. The van der Waals surface area contributed by atoms with Crippen molar-refractivity contribution < 1.29 is 24.6 Å². The molecule has 1 amide bonds. The first-order chi connectivity index (χ1) is 20.7. The third-order valence-corrected chi connectivity index (χ3v) is 6.60. The largest absolute Gasteiger partial charge is 0.478 e. The minimum Gasteiger partial charge on any atom is -0.478 e. The molecule has 1 aliphatic rings. The number of benzene rings is 3. The van der Waals surface area contributed by atoms with Crippen molar-refractivity contribution in [2.75, 3.05) is 48.8 Å². The number of fused-ring (bicyclic) bond motifs is 1. The van der Waals surface area contributed by atoms with Gasteiger partial charge in [0.15, 0.2) is 0 Å². The summed E-state index contributed by atoms with van der Waals surface area (Å²) >= 11 is 0. The van der Waals surface area contributed by atoms with E-state index in [0.29, 0.717) is 23.8 Å². The van der Waals surface area contributed by atoms with Crippen LogP contribution in [0.3, 0.4) is 0 Å². The summed E-state index contributed by atoms with van der Waals surface area (Å²) in [7, 11) is 2.16. The lowest BCUT2D eigenvalue weighted by atomic mass is 10.0. The summed E-state index contributed by atoms with van der Waals surface area (Å²) in [5, 5.41) is 22.7. The summed E-state index contributed by atoms with van der Waals surface area (Å²) in [5.74, 6) is -2.22. The fourth-order valence-electron chi connectivity index (χ4n) is 4.40. The summed E-state index contributed by atoms with van der Waals surface area (Å²) < 4.78 is 0. The number of amides is 1. The lowest BCUT2D eigenvalue weighted by Crippen LogP contribution is -2.44. The van der Waals surface area contributed by atoms with Crippen LogP contribution in [0, 0.1) is 0 Å². The Kier molecular flexibility index (Phi) is 10.2. The number of piperazine rings is 1. The lowest BCUT2D eigenvalue weighted by molar-refractivity contribution is -0.134. The van der Waals surface area contributed by atoms with Gasteiger partial charge in [0, 0.05) is 72.5 Å². The molecule has 11 heteroatoms. The third kappa shape index (κ3) is 8.72. The smallest absolute Gasteiger partial charge is 0.328 e. The number of nitrogens with one attached hydrogen (secondary N) is 2. The van der Waals surface area contributed by atoms with Crippen molar-refractivity contribution in [2.45, 2.75) is 0 Å². The molecular formula is C32H32N6O5. The van der Waals surface area contributed by atoms with Gasteiger partial charge in [-0.05, 0) is 55.1 Å². The molecule has 0 aliphatic carbocycles. The van der Waals surface area contributed by atoms with Gasteiger partial charge in [0.25, 0.3) is 0 Å². The monoisotopic (exact) mass is 580 g/mol. The Morgan fingerprint density at radius 3 is 2.21 bits per heavy atom. The number of carbonyl (C=O) groups is 3. The predicted molar refractivity (Wildman–Crippen MR) is 168 cm³/mol. The van der Waals surface area contributed by atoms with E-state index in [1.165, 1.54) is 11.8 Å². The molecule has 43 heavy (non-hydrogen) atoms. The molecule has 5 rings (SSSR count). The van der Waals surface area contributed by atoms with Crippen LogP contribution in [-0.2, 0) is 14.4 Å². The van der Waals surface area contributed by atoms with Crippen LogP contribution in [-0.4, -0.2) is 76.2 Å². The van der Waals surface area contributed by atoms with Crippen LogP contribution < -0.4 is 15.5 Å². The molecule has 0 radical (unpaired) electrons. The molecule has 0 unspecified atom stereocenters. The Balaban J connectivity index is 0.000000467. The van der Waals surface area contributed by atoms with Crippen LogP contribution in [0.2, 0.25) is 0 Å². The highest BCUT2D eigenvalue weighted by Gasteiger charge is 2.14. The number of carboxylic acid groups (broad SMARTS) is 2. The Morgan fingerprint density at radius 1 is 0.884 bits per heavy atom. The average molecular weight is 581 g/mol. The topological polar surface area (TPSA) is 148 Å². The van der Waals surface area contributed by atoms with E-state index >= 15 is 0 Å². The van der Waals surface area contributed by atoms with Crippen LogP contribution in [0.1, 0.15) is 0 Å². The van der Waals surface area contributed by atoms with E-state index in [9.17, 15) is 14.4 Å². The summed E-state index contributed by atoms with van der Waals surface area (Å²) in [4.78, 5) is 44.9. The number of aromatic nitrogens is 2. The number of carbonyl (C=O) groups excluding carboxylic acids is 1. The molecule has 1 saturated heterocycles. The quantitative estimate of drug-likeness (QED) is 0.218. The number of carboxylic acids is 2. The summed E-state index contributed by atoms with van der Waals surface area (Å²) in [6.07, 6.45) is 4.20. The molecule has 11 nitrogen and oxygen atoms in total. The van der Waals surface area contributed by atoms with Gasteiger partial charge >= 0.3 is 11.9 Å². The zero-order chi connectivity index (χ0) is 30.8. The van der Waals surface area contributed by atoms with Crippen LogP contribution in [0.15, 0.2) is 97.7 Å². The molecule has 3 aromatic carbocycles. The molecule has 1 aliphatic heterocycles. The van der Waals surface area contributed by atoms with Gasteiger partial charge in [-0.3, -0.25) is 4.79 Å². The SMILES string of the molecule is C=CC(=O)Nc1cccc(-c2cccc3cnc(Nc4ccc(N5CCN(C)CC5)cc4)nc23)c1.O=C(O)/C=C\C(=O)O. The van der Waals surface area contributed by atoms with Crippen molar-refractivity contribution >= 4 is 51.8 Å². The van der Waals surface area contributed by atoms with Crippen molar-refractivity contribution in [3.05, 3.63) is 97.7 Å². The molecule has 4 aromatic rings. The summed E-state index contributed by atoms with van der Waals surface area (Å²) in [6.45, 7) is 7.75. The fraction of sp³-hybridized carbons (Fsp3) is 0.156. The molecule has 1 aromatic heterocycles. The second-order valence-electron chi connectivity index (χ2n) is 9.68. The predicted octanol–water partition coefficient (Wildman–Crippen LogP) is 4.63. The highest BCUT2D eigenvalue weighted by molar-refractivity contribution is 6.00. The van der Waals surface area contributed by atoms with Crippen molar-refractivity contribution in [3.8, 4) is 11.1 Å². The highest BCUT2D eigenvalue weighted by atomic mass is 16.4. The van der Waals surface area contributed by atoms with E-state index in [4.69, 9.17) is 15.2 Å². The Bertz CT molecular complexity index is 1630. The van der Waals surface area contributed by atoms with Gasteiger partial charge in [-0.25, -0.2) is 19.6 Å².